The number of carbonyl (C=O) groups is 1. The minimum absolute atomic E-state index is 0.0645. The first-order valence-corrected chi connectivity index (χ1v) is 10.7. The van der Waals surface area contributed by atoms with Gasteiger partial charge in [-0.3, -0.25) is 4.79 Å². The second kappa shape index (κ2) is 8.42. The quantitative estimate of drug-likeness (QED) is 0.368. The largest absolute Gasteiger partial charge is 0.459 e. The van der Waals surface area contributed by atoms with Gasteiger partial charge in [-0.15, -0.1) is 0 Å². The highest BCUT2D eigenvalue weighted by Crippen LogP contribution is 2.59. The number of carbonyl (C=O) groups excluding carboxylic acids is 1. The summed E-state index contributed by atoms with van der Waals surface area (Å²) in [5.41, 5.74) is 0.804. The van der Waals surface area contributed by atoms with E-state index in [-0.39, 0.29) is 47.9 Å². The molecule has 0 radical (unpaired) electrons. The Morgan fingerprint density at radius 3 is 2.68 bits per heavy atom. The van der Waals surface area contributed by atoms with Crippen molar-refractivity contribution in [3.05, 3.63) is 11.6 Å². The van der Waals surface area contributed by atoms with E-state index in [1.54, 1.807) is 7.11 Å². The lowest BCUT2D eigenvalue weighted by Crippen LogP contribution is -2.56. The number of nitrogens with one attached hydrogen (secondary N) is 1. The zero-order valence-electron chi connectivity index (χ0n) is 18.2. The third kappa shape index (κ3) is 4.45. The van der Waals surface area contributed by atoms with Crippen LogP contribution in [0.1, 0.15) is 60.3 Å². The van der Waals surface area contributed by atoms with Gasteiger partial charge in [-0.2, -0.15) is 0 Å². The molecular weight excluding hydrogens is 358 g/mol. The molecule has 1 saturated carbocycles. The van der Waals surface area contributed by atoms with Gasteiger partial charge in [0.05, 0.1) is 25.2 Å². The number of methoxy groups -OCH3 is 1. The van der Waals surface area contributed by atoms with Crippen LogP contribution in [0.2, 0.25) is 0 Å². The Morgan fingerprint density at radius 1 is 1.39 bits per heavy atom. The van der Waals surface area contributed by atoms with E-state index in [9.17, 15) is 4.79 Å². The van der Waals surface area contributed by atoms with E-state index in [0.29, 0.717) is 6.04 Å². The molecule has 0 aromatic carbocycles. The Kier molecular flexibility index (Phi) is 6.54. The van der Waals surface area contributed by atoms with Crippen LogP contribution in [0.25, 0.3) is 0 Å². The number of ether oxygens (including phenoxy) is 4. The lowest BCUT2D eigenvalue weighted by molar-refractivity contribution is -0.171. The first-order valence-electron chi connectivity index (χ1n) is 10.7. The Bertz CT molecular complexity index is 598. The molecule has 28 heavy (non-hydrogen) atoms. The van der Waals surface area contributed by atoms with E-state index < -0.39 is 0 Å². The van der Waals surface area contributed by atoms with Crippen molar-refractivity contribution in [3.63, 3.8) is 0 Å². The molecule has 0 aromatic heterocycles. The fourth-order valence-electron chi connectivity index (χ4n) is 4.68. The van der Waals surface area contributed by atoms with Crippen molar-refractivity contribution in [1.82, 2.24) is 5.32 Å². The smallest absolute Gasteiger partial charge is 0.320 e. The van der Waals surface area contributed by atoms with E-state index in [1.807, 2.05) is 0 Å². The highest BCUT2D eigenvalue weighted by atomic mass is 16.6. The van der Waals surface area contributed by atoms with Crippen molar-refractivity contribution in [2.45, 2.75) is 95.9 Å². The lowest BCUT2D eigenvalue weighted by Gasteiger charge is -2.42. The van der Waals surface area contributed by atoms with Crippen LogP contribution in [0.15, 0.2) is 11.6 Å². The number of allylic oxidation sites excluding steroid dienone is 1. The standard InChI is InChI=1S/C22H37NO5/c1-7-15(4)23-12-18(24)27-16-10-11-22(13-26-22)20(19(16)25-6)21(5)17(28-21)9-8-14(2)3/h8,15-17,19-20,23H,7,9-13H2,1-6H3. The maximum atomic E-state index is 12.4. The SMILES string of the molecule is CCC(C)NCC(=O)OC1CCC2(CO2)C(C2(C)OC2CC=C(C)C)C1OC. The average molecular weight is 396 g/mol. The molecule has 160 valence electrons. The predicted molar refractivity (Wildman–Crippen MR) is 107 cm³/mol. The minimum atomic E-state index is -0.302. The van der Waals surface area contributed by atoms with Gasteiger partial charge < -0.3 is 24.3 Å². The van der Waals surface area contributed by atoms with E-state index in [2.05, 4.69) is 46.0 Å². The van der Waals surface area contributed by atoms with Gasteiger partial charge in [0.15, 0.2) is 0 Å². The molecule has 6 heteroatoms. The highest BCUT2D eigenvalue weighted by Gasteiger charge is 2.72. The summed E-state index contributed by atoms with van der Waals surface area (Å²) in [6.07, 6.45) is 5.41. The summed E-state index contributed by atoms with van der Waals surface area (Å²) in [6.45, 7) is 11.5. The Morgan fingerprint density at radius 2 is 2.11 bits per heavy atom. The van der Waals surface area contributed by atoms with Crippen molar-refractivity contribution < 1.29 is 23.7 Å². The summed E-state index contributed by atoms with van der Waals surface area (Å²) in [7, 11) is 1.70. The molecule has 7 atom stereocenters. The first-order chi connectivity index (χ1) is 13.3. The van der Waals surface area contributed by atoms with Gasteiger partial charge in [-0.05, 0) is 53.4 Å². The van der Waals surface area contributed by atoms with Crippen molar-refractivity contribution in [2.75, 3.05) is 20.3 Å². The summed E-state index contributed by atoms with van der Waals surface area (Å²) < 4.78 is 23.9. The summed E-state index contributed by atoms with van der Waals surface area (Å²) in [4.78, 5) is 12.4. The van der Waals surface area contributed by atoms with Crippen LogP contribution in [-0.2, 0) is 23.7 Å². The van der Waals surface area contributed by atoms with E-state index in [0.717, 1.165) is 32.3 Å². The fraction of sp³-hybridized carbons (Fsp3) is 0.864. The molecule has 0 amide bonds. The van der Waals surface area contributed by atoms with Gasteiger partial charge in [-0.25, -0.2) is 0 Å². The van der Waals surface area contributed by atoms with E-state index in [1.165, 1.54) is 5.57 Å². The zero-order valence-corrected chi connectivity index (χ0v) is 18.2. The van der Waals surface area contributed by atoms with Gasteiger partial charge in [0, 0.05) is 13.2 Å². The predicted octanol–water partition coefficient (Wildman–Crippen LogP) is 2.99. The van der Waals surface area contributed by atoms with Gasteiger partial charge in [0.25, 0.3) is 0 Å². The molecule has 2 heterocycles. The Hall–Kier alpha value is -0.950. The molecule has 0 aromatic rings. The molecule has 1 spiro atoms. The number of rotatable bonds is 9. The molecule has 3 fully saturated rings. The summed E-state index contributed by atoms with van der Waals surface area (Å²) >= 11 is 0. The van der Waals surface area contributed by atoms with E-state index in [4.69, 9.17) is 18.9 Å². The van der Waals surface area contributed by atoms with Crippen molar-refractivity contribution >= 4 is 5.97 Å². The third-order valence-electron chi connectivity index (χ3n) is 6.73. The number of esters is 1. The lowest BCUT2D eigenvalue weighted by atomic mass is 9.68. The van der Waals surface area contributed by atoms with Crippen LogP contribution >= 0.6 is 0 Å². The molecule has 1 N–H and O–H groups in total. The molecule has 0 bridgehead atoms. The molecule has 6 nitrogen and oxygen atoms in total. The van der Waals surface area contributed by atoms with Gasteiger partial charge in [-0.1, -0.05) is 18.6 Å². The maximum absolute atomic E-state index is 12.4. The molecule has 2 aliphatic heterocycles. The second-order valence-corrected chi connectivity index (χ2v) is 9.10. The molecule has 2 saturated heterocycles. The molecular formula is C22H37NO5. The molecule has 7 unspecified atom stereocenters. The summed E-state index contributed by atoms with van der Waals surface area (Å²) in [5.74, 6) is -0.156. The molecule has 3 rings (SSSR count). The molecule has 3 aliphatic rings. The number of hydrogen-bond donors (Lipinski definition) is 1. The van der Waals surface area contributed by atoms with Crippen LogP contribution < -0.4 is 5.32 Å². The van der Waals surface area contributed by atoms with Gasteiger partial charge in [0.1, 0.15) is 23.4 Å². The zero-order chi connectivity index (χ0) is 20.5. The average Bonchev–Trinajstić information content (AvgIpc) is 3.57. The summed E-state index contributed by atoms with van der Waals surface area (Å²) in [5, 5.41) is 3.20. The first kappa shape index (κ1) is 21.8. The Balaban J connectivity index is 1.67. The minimum Gasteiger partial charge on any atom is -0.459 e. The number of epoxide rings is 2. The second-order valence-electron chi connectivity index (χ2n) is 9.10. The summed E-state index contributed by atoms with van der Waals surface area (Å²) in [6, 6.07) is 0.294. The van der Waals surface area contributed by atoms with Gasteiger partial charge >= 0.3 is 5.97 Å². The van der Waals surface area contributed by atoms with Crippen molar-refractivity contribution in [3.8, 4) is 0 Å². The van der Waals surface area contributed by atoms with Crippen molar-refractivity contribution in [1.29, 1.82) is 0 Å². The van der Waals surface area contributed by atoms with E-state index >= 15 is 0 Å². The van der Waals surface area contributed by atoms with Gasteiger partial charge in [0.2, 0.25) is 0 Å². The topological polar surface area (TPSA) is 72.6 Å². The van der Waals surface area contributed by atoms with Crippen LogP contribution in [-0.4, -0.2) is 61.8 Å². The van der Waals surface area contributed by atoms with Crippen LogP contribution in [0.3, 0.4) is 0 Å². The van der Waals surface area contributed by atoms with Crippen LogP contribution in [0.4, 0.5) is 0 Å². The highest BCUT2D eigenvalue weighted by molar-refractivity contribution is 5.72. The van der Waals surface area contributed by atoms with Crippen LogP contribution in [0, 0.1) is 5.92 Å². The van der Waals surface area contributed by atoms with Crippen LogP contribution in [0.5, 0.6) is 0 Å². The third-order valence-corrected chi connectivity index (χ3v) is 6.73. The number of hydrogen-bond acceptors (Lipinski definition) is 6. The molecule has 1 aliphatic carbocycles. The van der Waals surface area contributed by atoms with Crippen molar-refractivity contribution in [2.24, 2.45) is 5.92 Å². The Labute approximate surface area is 169 Å². The monoisotopic (exact) mass is 395 g/mol. The maximum Gasteiger partial charge on any atom is 0.320 e. The fourth-order valence-corrected chi connectivity index (χ4v) is 4.68. The normalized spacial score (nSPS) is 40.1.